The molecule has 0 N–H and O–H groups in total. The molecule has 1 heterocycles. The molecule has 30 heavy (non-hydrogen) atoms. The molecule has 4 aromatic carbocycles. The first kappa shape index (κ1) is 18.8. The molecular weight excluding hydrogens is 393 g/mol. The van der Waals surface area contributed by atoms with Gasteiger partial charge in [-0.25, -0.2) is 4.98 Å². The second-order valence-electron chi connectivity index (χ2n) is 7.04. The molecule has 0 bridgehead atoms. The molecule has 1 unspecified atom stereocenters. The van der Waals surface area contributed by atoms with Crippen LogP contribution in [0.4, 0.5) is 0 Å². The SMILES string of the molecule is CCOP(=O)(c1ccccc1)c1ccc2oc(-c3ccc4ccccc4c3)nc2c1. The minimum atomic E-state index is -3.21. The molecule has 4 nitrogen and oxygen atoms in total. The first-order valence-electron chi connectivity index (χ1n) is 9.88. The normalized spacial score (nSPS) is 13.5. The van der Waals surface area contributed by atoms with Crippen LogP contribution in [0.3, 0.4) is 0 Å². The molecule has 1 aromatic heterocycles. The standard InChI is InChI=1S/C25H20NO3P/c1-2-28-30(27,21-10-4-3-5-11-21)22-14-15-24-23(17-22)26-25(29-24)20-13-12-18-8-6-7-9-19(18)16-20/h3-17H,2H2,1H3. The summed E-state index contributed by atoms with van der Waals surface area (Å²) in [6.07, 6.45) is 0. The van der Waals surface area contributed by atoms with Crippen molar-refractivity contribution in [2.24, 2.45) is 0 Å². The van der Waals surface area contributed by atoms with Crippen molar-refractivity contribution in [3.05, 3.63) is 91.0 Å². The van der Waals surface area contributed by atoms with Crippen LogP contribution in [0.5, 0.6) is 0 Å². The van der Waals surface area contributed by atoms with Crippen molar-refractivity contribution in [3.63, 3.8) is 0 Å². The van der Waals surface area contributed by atoms with E-state index < -0.39 is 7.37 Å². The van der Waals surface area contributed by atoms with Gasteiger partial charge in [0.05, 0.1) is 6.61 Å². The van der Waals surface area contributed by atoms with E-state index in [0.29, 0.717) is 34.2 Å². The second-order valence-corrected chi connectivity index (χ2v) is 9.43. The van der Waals surface area contributed by atoms with Crippen LogP contribution in [0.1, 0.15) is 6.92 Å². The lowest BCUT2D eigenvalue weighted by Crippen LogP contribution is -2.18. The molecule has 0 aliphatic heterocycles. The third-order valence-corrected chi connectivity index (χ3v) is 7.67. The van der Waals surface area contributed by atoms with Gasteiger partial charge in [0.2, 0.25) is 5.89 Å². The average molecular weight is 413 g/mol. The molecule has 0 spiro atoms. The molecule has 148 valence electrons. The highest BCUT2D eigenvalue weighted by molar-refractivity contribution is 7.74. The van der Waals surface area contributed by atoms with E-state index in [1.807, 2.05) is 67.6 Å². The van der Waals surface area contributed by atoms with Crippen molar-refractivity contribution in [2.75, 3.05) is 6.61 Å². The highest BCUT2D eigenvalue weighted by Crippen LogP contribution is 2.45. The van der Waals surface area contributed by atoms with Gasteiger partial charge in [0.25, 0.3) is 7.37 Å². The number of hydrogen-bond acceptors (Lipinski definition) is 4. The van der Waals surface area contributed by atoms with Crippen LogP contribution in [0.2, 0.25) is 0 Å². The highest BCUT2D eigenvalue weighted by Gasteiger charge is 2.29. The predicted molar refractivity (Wildman–Crippen MR) is 122 cm³/mol. The van der Waals surface area contributed by atoms with Gasteiger partial charge in [-0.1, -0.05) is 48.5 Å². The van der Waals surface area contributed by atoms with Crippen molar-refractivity contribution in [1.29, 1.82) is 0 Å². The summed E-state index contributed by atoms with van der Waals surface area (Å²) in [5, 5.41) is 3.58. The lowest BCUT2D eigenvalue weighted by atomic mass is 10.1. The average Bonchev–Trinajstić information content (AvgIpc) is 3.23. The topological polar surface area (TPSA) is 52.3 Å². The van der Waals surface area contributed by atoms with Crippen LogP contribution < -0.4 is 10.6 Å². The Morgan fingerprint density at radius 3 is 2.40 bits per heavy atom. The number of nitrogens with zero attached hydrogens (tertiary/aromatic N) is 1. The van der Waals surface area contributed by atoms with Gasteiger partial charge in [0.15, 0.2) is 5.58 Å². The molecule has 0 saturated heterocycles. The fourth-order valence-corrected chi connectivity index (χ4v) is 5.74. The third kappa shape index (κ3) is 3.24. The van der Waals surface area contributed by atoms with Gasteiger partial charge in [-0.05, 0) is 60.2 Å². The number of fused-ring (bicyclic) bond motifs is 2. The molecule has 5 aromatic rings. The summed E-state index contributed by atoms with van der Waals surface area (Å²) in [6, 6.07) is 29.1. The fraction of sp³-hybridized carbons (Fsp3) is 0.0800. The zero-order valence-corrected chi connectivity index (χ0v) is 17.4. The van der Waals surface area contributed by atoms with E-state index in [0.717, 1.165) is 10.9 Å². The lowest BCUT2D eigenvalue weighted by Gasteiger charge is -2.18. The van der Waals surface area contributed by atoms with Gasteiger partial charge in [-0.15, -0.1) is 0 Å². The van der Waals surface area contributed by atoms with E-state index in [2.05, 4.69) is 29.2 Å². The maximum Gasteiger partial charge on any atom is 0.261 e. The Labute approximate surface area is 174 Å². The first-order valence-corrected chi connectivity index (χ1v) is 11.5. The molecular formula is C25H20NO3P. The number of benzene rings is 4. The Kier molecular flexibility index (Phi) is 4.74. The molecule has 0 fully saturated rings. The van der Waals surface area contributed by atoms with Crippen LogP contribution >= 0.6 is 7.37 Å². The van der Waals surface area contributed by atoms with Crippen molar-refractivity contribution in [3.8, 4) is 11.5 Å². The quantitative estimate of drug-likeness (QED) is 0.336. The zero-order valence-electron chi connectivity index (χ0n) is 16.5. The van der Waals surface area contributed by atoms with Gasteiger partial charge >= 0.3 is 0 Å². The van der Waals surface area contributed by atoms with Gasteiger partial charge in [-0.3, -0.25) is 4.57 Å². The third-order valence-electron chi connectivity index (χ3n) is 5.11. The number of rotatable bonds is 5. The number of hydrogen-bond donors (Lipinski definition) is 0. The highest BCUT2D eigenvalue weighted by atomic mass is 31.2. The van der Waals surface area contributed by atoms with E-state index >= 15 is 0 Å². The summed E-state index contributed by atoms with van der Waals surface area (Å²) in [4.78, 5) is 4.67. The van der Waals surface area contributed by atoms with E-state index in [4.69, 9.17) is 8.94 Å². The molecule has 0 saturated carbocycles. The zero-order chi connectivity index (χ0) is 20.6. The summed E-state index contributed by atoms with van der Waals surface area (Å²) in [7, 11) is -3.21. The Bertz CT molecular complexity index is 1390. The molecule has 0 radical (unpaired) electrons. The Morgan fingerprint density at radius 1 is 0.833 bits per heavy atom. The maximum atomic E-state index is 13.8. The van der Waals surface area contributed by atoms with Gasteiger partial charge in [-0.2, -0.15) is 0 Å². The number of aromatic nitrogens is 1. The van der Waals surface area contributed by atoms with E-state index in [1.54, 1.807) is 6.07 Å². The predicted octanol–water partition coefficient (Wildman–Crippen LogP) is 5.91. The van der Waals surface area contributed by atoms with E-state index in [1.165, 1.54) is 5.39 Å². The second kappa shape index (κ2) is 7.56. The van der Waals surface area contributed by atoms with Crippen LogP contribution in [-0.2, 0) is 9.09 Å². The van der Waals surface area contributed by atoms with Crippen molar-refractivity contribution >= 4 is 39.9 Å². The summed E-state index contributed by atoms with van der Waals surface area (Å²) >= 11 is 0. The van der Waals surface area contributed by atoms with Crippen LogP contribution in [0.15, 0.2) is 95.4 Å². The molecule has 5 rings (SSSR count). The van der Waals surface area contributed by atoms with Crippen molar-refractivity contribution < 1.29 is 13.5 Å². The van der Waals surface area contributed by atoms with E-state index in [-0.39, 0.29) is 0 Å². The summed E-state index contributed by atoms with van der Waals surface area (Å²) in [5.41, 5.74) is 2.21. The molecule has 0 aliphatic rings. The summed E-state index contributed by atoms with van der Waals surface area (Å²) in [5.74, 6) is 0.541. The van der Waals surface area contributed by atoms with Crippen LogP contribution in [-0.4, -0.2) is 11.6 Å². The molecule has 0 aliphatic carbocycles. The molecule has 5 heteroatoms. The Morgan fingerprint density at radius 2 is 1.60 bits per heavy atom. The molecule has 0 amide bonds. The Hall–Kier alpha value is -3.20. The summed E-state index contributed by atoms with van der Waals surface area (Å²) < 4.78 is 25.6. The van der Waals surface area contributed by atoms with Gasteiger partial charge in [0.1, 0.15) is 5.52 Å². The lowest BCUT2D eigenvalue weighted by molar-refractivity contribution is 0.348. The van der Waals surface area contributed by atoms with Crippen molar-refractivity contribution in [2.45, 2.75) is 6.92 Å². The van der Waals surface area contributed by atoms with E-state index in [9.17, 15) is 4.57 Å². The minimum absolute atomic E-state index is 0.353. The summed E-state index contributed by atoms with van der Waals surface area (Å²) in [6.45, 7) is 2.20. The van der Waals surface area contributed by atoms with Crippen LogP contribution in [0, 0.1) is 0 Å². The van der Waals surface area contributed by atoms with Crippen LogP contribution in [0.25, 0.3) is 33.3 Å². The Balaban J connectivity index is 1.60. The van der Waals surface area contributed by atoms with Gasteiger partial charge in [0, 0.05) is 16.2 Å². The monoisotopic (exact) mass is 413 g/mol. The minimum Gasteiger partial charge on any atom is -0.436 e. The maximum absolute atomic E-state index is 13.8. The van der Waals surface area contributed by atoms with Gasteiger partial charge < -0.3 is 8.94 Å². The largest absolute Gasteiger partial charge is 0.436 e. The first-order chi connectivity index (χ1) is 14.7. The molecule has 1 atom stereocenters. The number of oxazole rings is 1. The fourth-order valence-electron chi connectivity index (χ4n) is 3.65. The van der Waals surface area contributed by atoms with Crippen molar-refractivity contribution in [1.82, 2.24) is 4.98 Å². The smallest absolute Gasteiger partial charge is 0.261 e.